The molecule has 0 bridgehead atoms. The van der Waals surface area contributed by atoms with E-state index in [9.17, 15) is 59.1 Å². The number of thiol groups is 5. The molecule has 0 amide bonds. The second-order valence-electron chi connectivity index (χ2n) is 33.0. The van der Waals surface area contributed by atoms with Gasteiger partial charge in [0.15, 0.2) is 11.5 Å². The fourth-order valence-electron chi connectivity index (χ4n) is 15.1. The molecular weight excluding hydrogens is 2070 g/mol. The zero-order valence-corrected chi connectivity index (χ0v) is 87.1. The van der Waals surface area contributed by atoms with Crippen molar-refractivity contribution >= 4 is 193 Å². The third-order valence-corrected chi connectivity index (χ3v) is 28.0. The van der Waals surface area contributed by atoms with Crippen LogP contribution in [0.15, 0.2) is 395 Å². The Labute approximate surface area is 894 Å². The van der Waals surface area contributed by atoms with Crippen LogP contribution in [-0.2, 0) is 0 Å². The Morgan fingerprint density at radius 1 is 0.279 bits per heavy atom. The van der Waals surface area contributed by atoms with Crippen molar-refractivity contribution in [3.8, 4) is 131 Å². The fourth-order valence-corrected chi connectivity index (χ4v) is 18.4. The molecule has 2 aliphatic carbocycles. The number of carbonyl (C=O) groups excluding carboxylic acids is 5. The lowest BCUT2D eigenvalue weighted by atomic mass is 10.0. The van der Waals surface area contributed by atoms with Crippen molar-refractivity contribution in [2.75, 3.05) is 0 Å². The van der Waals surface area contributed by atoms with Crippen LogP contribution in [0.3, 0.4) is 0 Å². The quantitative estimate of drug-likeness (QED) is 0.0133. The van der Waals surface area contributed by atoms with Gasteiger partial charge in [0.1, 0.15) is 51.3 Å². The predicted molar refractivity (Wildman–Crippen MR) is 597 cm³/mol. The first-order chi connectivity index (χ1) is 70.7. The molecule has 16 aromatic rings. The molecule has 5 heterocycles. The third-order valence-electron chi connectivity index (χ3n) is 22.7. The number of hydrogen-bond donors (Lipinski definition) is 10. The summed E-state index contributed by atoms with van der Waals surface area (Å²) in [4.78, 5) is 91.8. The van der Waals surface area contributed by atoms with Gasteiger partial charge in [0.05, 0.1) is 73.4 Å². The molecule has 732 valence electrons. The zero-order chi connectivity index (χ0) is 104. The minimum atomic E-state index is -0.620. The van der Waals surface area contributed by atoms with Crippen LogP contribution in [0.5, 0.6) is 52.3 Å². The molecule has 0 spiro atoms. The fraction of sp³-hybridized carbons (Fsp3) is 0.0435. The van der Waals surface area contributed by atoms with Crippen LogP contribution in [0.25, 0.3) is 111 Å². The molecule has 0 saturated heterocycles. The number of ether oxygens (including phenoxy) is 4. The highest BCUT2D eigenvalue weighted by Gasteiger charge is 2.28. The summed E-state index contributed by atoms with van der Waals surface area (Å²) in [7, 11) is 2.24. The van der Waals surface area contributed by atoms with E-state index in [4.69, 9.17) is 77.7 Å². The van der Waals surface area contributed by atoms with Gasteiger partial charge in [-0.15, -0.1) is 61.2 Å². The first-order valence-electron chi connectivity index (χ1n) is 44.3. The average Bonchev–Trinajstić information content (AvgIpc) is 1.64. The van der Waals surface area contributed by atoms with Crippen LogP contribution in [0.1, 0.15) is 79.6 Å². The topological polar surface area (TPSA) is 323 Å². The van der Waals surface area contributed by atoms with Crippen LogP contribution < -0.4 is 30.2 Å². The number of fused-ring (bicyclic) bond motifs is 5. The number of hydrogen-bond acceptors (Lipinski definition) is 32. The molecular formula is C115H80O21S11. The Balaban J connectivity index is 0.000000131. The average molecular weight is 2150 g/mol. The number of furan rings is 5. The van der Waals surface area contributed by atoms with E-state index in [1.807, 2.05) is 162 Å². The summed E-state index contributed by atoms with van der Waals surface area (Å²) in [5.74, 6) is -1.37. The van der Waals surface area contributed by atoms with Gasteiger partial charge in [-0.05, 0) is 262 Å². The van der Waals surface area contributed by atoms with Crippen molar-refractivity contribution in [2.24, 2.45) is 0 Å². The molecule has 147 heavy (non-hydrogen) atoms. The van der Waals surface area contributed by atoms with E-state index in [1.165, 1.54) is 66.7 Å². The second-order valence-corrected chi connectivity index (χ2v) is 39.2. The molecule has 4 aliphatic rings. The highest BCUT2D eigenvalue weighted by molar-refractivity contribution is 8.69. The van der Waals surface area contributed by atoms with Crippen molar-refractivity contribution in [3.63, 3.8) is 0 Å². The van der Waals surface area contributed by atoms with Crippen LogP contribution in [0.4, 0.5) is 0 Å². The Morgan fingerprint density at radius 2 is 0.544 bits per heavy atom. The highest BCUT2D eigenvalue weighted by atomic mass is 33.1. The molecule has 3 aromatic heterocycles. The summed E-state index contributed by atoms with van der Waals surface area (Å²) in [5.41, 5.74) is 15.5. The van der Waals surface area contributed by atoms with Gasteiger partial charge in [0.2, 0.25) is 5.12 Å². The van der Waals surface area contributed by atoms with Crippen molar-refractivity contribution in [1.82, 2.24) is 0 Å². The largest absolute Gasteiger partial charge is 0.508 e. The predicted octanol–water partition coefficient (Wildman–Crippen LogP) is 30.9. The summed E-state index contributed by atoms with van der Waals surface area (Å²) < 4.78 is 51.0. The lowest BCUT2D eigenvalue weighted by Crippen LogP contribution is -2.08. The molecule has 13 aromatic carbocycles. The molecule has 32 heteroatoms. The number of rotatable bonds is 17. The van der Waals surface area contributed by atoms with Crippen LogP contribution in [0.2, 0.25) is 0 Å². The zero-order valence-electron chi connectivity index (χ0n) is 77.7. The molecule has 21 nitrogen and oxygen atoms in total. The Morgan fingerprint density at radius 3 is 0.844 bits per heavy atom. The van der Waals surface area contributed by atoms with E-state index in [1.54, 1.807) is 140 Å². The summed E-state index contributed by atoms with van der Waals surface area (Å²) in [6, 6.07) is 95.4. The molecule has 20 rings (SSSR count). The van der Waals surface area contributed by atoms with Crippen LogP contribution >= 0.6 is 131 Å². The molecule has 2 aliphatic heterocycles. The van der Waals surface area contributed by atoms with Gasteiger partial charge in [0.25, 0.3) is 17.8 Å². The van der Waals surface area contributed by atoms with Gasteiger partial charge in [-0.1, -0.05) is 207 Å². The molecule has 0 radical (unpaired) electrons. The number of aromatic hydroxyl groups is 5. The van der Waals surface area contributed by atoms with Gasteiger partial charge >= 0.3 is 35.1 Å². The van der Waals surface area contributed by atoms with Gasteiger partial charge < -0.3 is 66.6 Å². The lowest BCUT2D eigenvalue weighted by Gasteiger charge is -2.06. The van der Waals surface area contributed by atoms with E-state index >= 15 is 0 Å². The van der Waals surface area contributed by atoms with Crippen molar-refractivity contribution in [1.29, 1.82) is 0 Å². The Bertz CT molecular complexity index is 7970. The molecule has 5 N–H and O–H groups in total. The minimum Gasteiger partial charge on any atom is -0.508 e. The van der Waals surface area contributed by atoms with Gasteiger partial charge in [-0.25, -0.2) is 28.8 Å². The molecule has 0 saturated carbocycles. The minimum absolute atomic E-state index is 0.0491. The number of esters is 4. The standard InChI is InChI=1S/C23H16O5S2.C23H16O5S.C23H16O4S3.C23H16O4S2.C23H16O3S3/c1-13-2-4-14(5-3-13)21-17-10-11-20(30-29)19(12-18(17)27-23(21)26)28-22(25)15-6-8-16(24)9-7-15;1-13-2-4-14(5-3-13)21-17-10-11-20(29)19(12-18(17)27-23(21)26)28-22(25)15-6-8-16(24)9-7-15;1-13-2-4-14(5-3-13)21-17-10-11-20(30-29)19(12-18(17)26-23(21)25)27-22(24)15-6-8-16(28)9-7-15;1-13-2-4-14(5-3-13)21-17-10-11-20(29)19(12-18(17)26-23(21)25)27-22(24)15-6-8-16(28)9-7-15;1-13-2-4-14(5-3-13)21-17-10-11-19(28)20(12-18(17)26-22(21)24)29-23(25)15-6-8-16(27)9-7-15/h2-12,24,29H,1H3;2-12,24,26H,1H3;2-12,28-29H,1H3;2-12,25,28H,1H3;2-12,24,27H,1H3. The SMILES string of the molecule is Cc1ccc(-c2c(O)oc3cc(OC(=O)c4ccc(O)cc4)c(=S)ccc23)cc1.Cc1ccc(-c2c(O)oc3cc(OC(=O)c4ccc(S)cc4)c(=S)ccc23)cc1.Cc1ccc(-c2c(O)oc3cc(SC(=O)c4ccc(S)cc4)c(=S)ccc23)cc1.Cc1ccc(-c2c3ccc(SS)c(OC(=O)c4ccc(O)cc4)cc-3oc2=O)cc1.Cc1ccc(-c2c3ccc(SS)c(OC(=O)c4ccc(S)cc4)cc-3oc2=O)cc1. The summed E-state index contributed by atoms with van der Waals surface area (Å²) in [6.45, 7) is 9.93. The number of benzene rings is 10. The second kappa shape index (κ2) is 47.0. The van der Waals surface area contributed by atoms with Crippen LogP contribution in [0, 0.1) is 48.1 Å². The van der Waals surface area contributed by atoms with E-state index in [0.29, 0.717) is 123 Å². The summed E-state index contributed by atoms with van der Waals surface area (Å²) >= 11 is 38.4. The van der Waals surface area contributed by atoms with E-state index < -0.39 is 35.1 Å². The van der Waals surface area contributed by atoms with Crippen molar-refractivity contribution < 1.29 is 90.5 Å². The van der Waals surface area contributed by atoms with Gasteiger partial charge in [-0.3, -0.25) is 4.79 Å². The first kappa shape index (κ1) is 105. The van der Waals surface area contributed by atoms with E-state index in [2.05, 4.69) is 61.2 Å². The monoisotopic (exact) mass is 2150 g/mol. The highest BCUT2D eigenvalue weighted by Crippen LogP contribution is 2.47. The third kappa shape index (κ3) is 25.2. The van der Waals surface area contributed by atoms with E-state index in [0.717, 1.165) is 109 Å². The molecule has 0 atom stereocenters. The number of thioether (sulfide) groups is 1. The maximum atomic E-state index is 12.7. The number of aryl methyl sites for hydroxylation is 5. The van der Waals surface area contributed by atoms with Crippen molar-refractivity contribution in [2.45, 2.75) is 64.0 Å². The van der Waals surface area contributed by atoms with Crippen LogP contribution in [-0.4, -0.2) is 54.5 Å². The normalized spacial score (nSPS) is 10.9. The van der Waals surface area contributed by atoms with Gasteiger partial charge in [-0.2, -0.15) is 0 Å². The smallest absolute Gasteiger partial charge is 0.344 e. The summed E-state index contributed by atoms with van der Waals surface area (Å²) in [6.07, 6.45) is 0. The first-order valence-corrected chi connectivity index (χ1v) is 51.5. The molecule has 0 unspecified atom stereocenters. The van der Waals surface area contributed by atoms with Gasteiger partial charge in [0, 0.05) is 76.7 Å². The molecule has 0 fully saturated rings. The Kier molecular flexibility index (Phi) is 33.5. The summed E-state index contributed by atoms with van der Waals surface area (Å²) in [5, 5.41) is 51.8. The van der Waals surface area contributed by atoms with E-state index in [-0.39, 0.29) is 68.6 Å². The number of carbonyl (C=O) groups is 5. The Hall–Kier alpha value is -15.0. The lowest BCUT2D eigenvalue weighted by molar-refractivity contribution is 0.0721. The maximum Gasteiger partial charge on any atom is 0.344 e. The number of phenolic OH excluding ortho intramolecular Hbond substituents is 2. The number of phenols is 2. The maximum absolute atomic E-state index is 12.7. The van der Waals surface area contributed by atoms with Crippen molar-refractivity contribution in [3.05, 3.63) is 424 Å².